The maximum absolute atomic E-state index is 12.8. The molecule has 0 bridgehead atoms. The van der Waals surface area contributed by atoms with Gasteiger partial charge in [0.15, 0.2) is 5.76 Å². The van der Waals surface area contributed by atoms with Gasteiger partial charge in [0.2, 0.25) is 0 Å². The van der Waals surface area contributed by atoms with Crippen molar-refractivity contribution in [2.24, 2.45) is 0 Å². The summed E-state index contributed by atoms with van der Waals surface area (Å²) in [5.74, 6) is 0.244. The van der Waals surface area contributed by atoms with Crippen molar-refractivity contribution < 1.29 is 21.8 Å². The Kier molecular flexibility index (Phi) is 7.08. The molecule has 164 valence electrons. The Balaban J connectivity index is 1.78. The third-order valence-corrected chi connectivity index (χ3v) is 6.89. The molecule has 2 aromatic carbocycles. The van der Waals surface area contributed by atoms with E-state index in [2.05, 4.69) is 0 Å². The van der Waals surface area contributed by atoms with Crippen LogP contribution in [-0.4, -0.2) is 25.3 Å². The summed E-state index contributed by atoms with van der Waals surface area (Å²) in [6, 6.07) is 14.7. The van der Waals surface area contributed by atoms with Gasteiger partial charge < -0.3 is 13.5 Å². The highest BCUT2D eigenvalue weighted by atomic mass is 35.5. The topological polar surface area (TPSA) is 76.8 Å². The fraction of sp³-hybridized carbons (Fsp3) is 0.261. The Labute approximate surface area is 187 Å². The number of aryl methyl sites for hydroxylation is 1. The van der Waals surface area contributed by atoms with Crippen LogP contribution in [0.4, 0.5) is 0 Å². The van der Waals surface area contributed by atoms with Crippen molar-refractivity contribution >= 4 is 27.6 Å². The maximum atomic E-state index is 12.8. The molecular formula is C23H24ClNO5S. The van der Waals surface area contributed by atoms with E-state index in [-0.39, 0.29) is 33.4 Å². The molecule has 8 heteroatoms. The number of halogens is 1. The molecule has 0 saturated heterocycles. The summed E-state index contributed by atoms with van der Waals surface area (Å²) >= 11 is 6.07. The molecule has 1 aromatic heterocycles. The van der Waals surface area contributed by atoms with Crippen molar-refractivity contribution in [2.75, 3.05) is 0 Å². The number of benzene rings is 2. The first-order valence-corrected chi connectivity index (χ1v) is 11.6. The van der Waals surface area contributed by atoms with Crippen LogP contribution in [0.5, 0.6) is 5.75 Å². The van der Waals surface area contributed by atoms with Gasteiger partial charge in [-0.05, 0) is 61.7 Å². The molecule has 3 aromatic rings. The van der Waals surface area contributed by atoms with Crippen LogP contribution in [-0.2, 0) is 16.7 Å². The number of furan rings is 1. The lowest BCUT2D eigenvalue weighted by atomic mass is 10.1. The van der Waals surface area contributed by atoms with E-state index in [4.69, 9.17) is 20.2 Å². The Morgan fingerprint density at radius 1 is 1.13 bits per heavy atom. The summed E-state index contributed by atoms with van der Waals surface area (Å²) in [4.78, 5) is 14.5. The summed E-state index contributed by atoms with van der Waals surface area (Å²) in [5.41, 5.74) is 1.34. The third-order valence-electron chi connectivity index (χ3n) is 5.01. The number of nitrogens with zero attached hydrogens (tertiary/aromatic N) is 1. The van der Waals surface area contributed by atoms with Gasteiger partial charge >= 0.3 is 10.1 Å². The van der Waals surface area contributed by atoms with Gasteiger partial charge in [-0.3, -0.25) is 4.79 Å². The molecule has 3 rings (SSSR count). The first-order chi connectivity index (χ1) is 14.7. The second kappa shape index (κ2) is 9.58. The highest BCUT2D eigenvalue weighted by Gasteiger charge is 2.24. The van der Waals surface area contributed by atoms with Gasteiger partial charge in [-0.25, -0.2) is 0 Å². The molecule has 0 saturated carbocycles. The Bertz CT molecular complexity index is 1120. The zero-order valence-corrected chi connectivity index (χ0v) is 19.1. The van der Waals surface area contributed by atoms with Crippen molar-refractivity contribution in [1.29, 1.82) is 0 Å². The Morgan fingerprint density at radius 3 is 2.42 bits per heavy atom. The quantitative estimate of drug-likeness (QED) is 0.417. The lowest BCUT2D eigenvalue weighted by Crippen LogP contribution is -2.37. The van der Waals surface area contributed by atoms with E-state index in [9.17, 15) is 13.2 Å². The summed E-state index contributed by atoms with van der Waals surface area (Å²) in [7, 11) is -4.08. The van der Waals surface area contributed by atoms with Crippen molar-refractivity contribution in [3.63, 3.8) is 0 Å². The molecule has 1 heterocycles. The van der Waals surface area contributed by atoms with Crippen LogP contribution < -0.4 is 4.18 Å². The van der Waals surface area contributed by atoms with E-state index in [0.717, 1.165) is 12.0 Å². The summed E-state index contributed by atoms with van der Waals surface area (Å²) in [6.45, 7) is 5.98. The van der Waals surface area contributed by atoms with Crippen LogP contribution in [0.2, 0.25) is 5.02 Å². The first-order valence-electron chi connectivity index (χ1n) is 9.86. The SMILES string of the molecule is CCC(C)N(Cc1ccc(OS(=O)(=O)c2c(C)cccc2Cl)cc1)C(=O)c1ccco1. The molecule has 0 N–H and O–H groups in total. The standard InChI is InChI=1S/C23H24ClNO5S/c1-4-17(3)25(23(26)21-9-6-14-29-21)15-18-10-12-19(13-11-18)30-31(27,28)22-16(2)7-5-8-20(22)24/h5-14,17H,4,15H2,1-3H3. The van der Waals surface area contributed by atoms with Gasteiger partial charge in [0, 0.05) is 12.6 Å². The predicted octanol–water partition coefficient (Wildman–Crippen LogP) is 5.45. The van der Waals surface area contributed by atoms with Gasteiger partial charge in [0.25, 0.3) is 5.91 Å². The molecule has 0 fully saturated rings. The molecule has 0 spiro atoms. The molecule has 1 atom stereocenters. The van der Waals surface area contributed by atoms with Crippen molar-refractivity contribution in [1.82, 2.24) is 4.90 Å². The third kappa shape index (κ3) is 5.29. The Morgan fingerprint density at radius 2 is 1.84 bits per heavy atom. The Hall–Kier alpha value is -2.77. The molecular weight excluding hydrogens is 438 g/mol. The van der Waals surface area contributed by atoms with Gasteiger partial charge in [0.05, 0.1) is 11.3 Å². The number of carbonyl (C=O) groups is 1. The molecule has 31 heavy (non-hydrogen) atoms. The van der Waals surface area contributed by atoms with E-state index in [1.54, 1.807) is 60.4 Å². The predicted molar refractivity (Wildman–Crippen MR) is 119 cm³/mol. The summed E-state index contributed by atoms with van der Waals surface area (Å²) < 4.78 is 35.9. The lowest BCUT2D eigenvalue weighted by Gasteiger charge is -2.28. The van der Waals surface area contributed by atoms with Gasteiger partial charge in [0.1, 0.15) is 10.6 Å². The highest BCUT2D eigenvalue weighted by Crippen LogP contribution is 2.28. The van der Waals surface area contributed by atoms with Crippen LogP contribution in [0.15, 0.2) is 70.2 Å². The summed E-state index contributed by atoms with van der Waals surface area (Å²) in [6.07, 6.45) is 2.25. The van der Waals surface area contributed by atoms with E-state index in [1.807, 2.05) is 13.8 Å². The maximum Gasteiger partial charge on any atom is 0.340 e. The lowest BCUT2D eigenvalue weighted by molar-refractivity contribution is 0.0638. The summed E-state index contributed by atoms with van der Waals surface area (Å²) in [5, 5.41) is 0.109. The molecule has 0 aliphatic heterocycles. The van der Waals surface area contributed by atoms with Crippen molar-refractivity contribution in [3.05, 3.63) is 82.8 Å². The van der Waals surface area contributed by atoms with Crippen molar-refractivity contribution in [2.45, 2.75) is 44.7 Å². The van der Waals surface area contributed by atoms with Crippen LogP contribution in [0.25, 0.3) is 0 Å². The normalized spacial score (nSPS) is 12.4. The highest BCUT2D eigenvalue weighted by molar-refractivity contribution is 7.87. The number of rotatable bonds is 8. The minimum absolute atomic E-state index is 0.00268. The number of carbonyl (C=O) groups excluding carboxylic acids is 1. The van der Waals surface area contributed by atoms with Crippen molar-refractivity contribution in [3.8, 4) is 5.75 Å². The van der Waals surface area contributed by atoms with Gasteiger partial charge in [-0.1, -0.05) is 42.8 Å². The molecule has 0 aliphatic carbocycles. The molecule has 0 radical (unpaired) electrons. The second-order valence-corrected chi connectivity index (χ2v) is 9.13. The van der Waals surface area contributed by atoms with E-state index in [1.165, 1.54) is 12.3 Å². The minimum atomic E-state index is -4.08. The van der Waals surface area contributed by atoms with E-state index in [0.29, 0.717) is 12.1 Å². The first kappa shape index (κ1) is 22.9. The van der Waals surface area contributed by atoms with Gasteiger partial charge in [-0.2, -0.15) is 8.42 Å². The number of hydrogen-bond donors (Lipinski definition) is 0. The van der Waals surface area contributed by atoms with Crippen LogP contribution in [0.1, 0.15) is 41.9 Å². The zero-order chi connectivity index (χ0) is 22.6. The monoisotopic (exact) mass is 461 g/mol. The smallest absolute Gasteiger partial charge is 0.340 e. The molecule has 6 nitrogen and oxygen atoms in total. The largest absolute Gasteiger partial charge is 0.459 e. The van der Waals surface area contributed by atoms with Gasteiger partial charge in [-0.15, -0.1) is 0 Å². The average molecular weight is 462 g/mol. The van der Waals surface area contributed by atoms with E-state index >= 15 is 0 Å². The molecule has 0 aliphatic rings. The molecule has 1 amide bonds. The zero-order valence-electron chi connectivity index (χ0n) is 17.5. The number of hydrogen-bond acceptors (Lipinski definition) is 5. The fourth-order valence-corrected chi connectivity index (χ4v) is 4.86. The van der Waals surface area contributed by atoms with Crippen LogP contribution in [0, 0.1) is 6.92 Å². The van der Waals surface area contributed by atoms with Crippen LogP contribution >= 0.6 is 11.6 Å². The second-order valence-electron chi connectivity index (χ2n) is 7.23. The minimum Gasteiger partial charge on any atom is -0.459 e. The molecule has 1 unspecified atom stereocenters. The fourth-order valence-electron chi connectivity index (χ4n) is 3.14. The van der Waals surface area contributed by atoms with Crippen LogP contribution in [0.3, 0.4) is 0 Å². The number of amides is 1. The average Bonchev–Trinajstić information content (AvgIpc) is 3.26. The van der Waals surface area contributed by atoms with E-state index < -0.39 is 10.1 Å².